The van der Waals surface area contributed by atoms with Crippen LogP contribution in [0.25, 0.3) is 5.69 Å². The molecule has 0 radical (unpaired) electrons. The lowest BCUT2D eigenvalue weighted by Crippen LogP contribution is -2.23. The summed E-state index contributed by atoms with van der Waals surface area (Å²) in [7, 11) is 0. The van der Waals surface area contributed by atoms with Crippen molar-refractivity contribution in [1.29, 1.82) is 0 Å². The lowest BCUT2D eigenvalue weighted by molar-refractivity contribution is 0.756. The first-order valence-corrected chi connectivity index (χ1v) is 12.3. The van der Waals surface area contributed by atoms with Crippen LogP contribution in [-0.4, -0.2) is 9.78 Å². The Kier molecular flexibility index (Phi) is 7.41. The topological polar surface area (TPSA) is 34.9 Å². The van der Waals surface area contributed by atoms with Crippen LogP contribution in [0.15, 0.2) is 99.6 Å². The summed E-state index contributed by atoms with van der Waals surface area (Å²) in [5.74, 6) is 1.24. The summed E-state index contributed by atoms with van der Waals surface area (Å²) in [4.78, 5) is 14.9. The third kappa shape index (κ3) is 5.36. The zero-order valence-corrected chi connectivity index (χ0v) is 19.5. The van der Waals surface area contributed by atoms with Crippen molar-refractivity contribution in [2.45, 2.75) is 21.3 Å². The Morgan fingerprint density at radius 2 is 1.29 bits per heavy atom. The first-order valence-electron chi connectivity index (χ1n) is 9.53. The first-order chi connectivity index (χ1) is 15.1. The minimum absolute atomic E-state index is 0.146. The molecule has 0 bridgehead atoms. The average molecular weight is 485 g/mol. The van der Waals surface area contributed by atoms with Crippen molar-refractivity contribution in [2.24, 2.45) is 0 Å². The standard InChI is InChI=1S/C24H18Cl2N2OS2/c25-20-12-6-4-8-17(20)15-30-22-14-27-28(19-10-2-1-3-11-19)24(29)23(22)31-16-18-9-5-7-13-21(18)26/h1-14H,15-16H2. The lowest BCUT2D eigenvalue weighted by atomic mass is 10.2. The van der Waals surface area contributed by atoms with E-state index in [9.17, 15) is 4.79 Å². The van der Waals surface area contributed by atoms with Crippen LogP contribution in [0.2, 0.25) is 10.0 Å². The molecular weight excluding hydrogens is 467 g/mol. The van der Waals surface area contributed by atoms with Gasteiger partial charge in [-0.2, -0.15) is 9.78 Å². The Morgan fingerprint density at radius 3 is 1.90 bits per heavy atom. The molecule has 1 heterocycles. The van der Waals surface area contributed by atoms with E-state index in [1.807, 2.05) is 78.9 Å². The molecule has 0 aliphatic heterocycles. The van der Waals surface area contributed by atoms with Crippen LogP contribution < -0.4 is 5.56 Å². The summed E-state index contributed by atoms with van der Waals surface area (Å²) in [5.41, 5.74) is 2.59. The molecule has 1 aromatic heterocycles. The molecule has 3 aromatic carbocycles. The normalized spacial score (nSPS) is 10.9. The van der Waals surface area contributed by atoms with Crippen molar-refractivity contribution >= 4 is 46.7 Å². The molecule has 0 N–H and O–H groups in total. The predicted octanol–water partition coefficient (Wildman–Crippen LogP) is 7.12. The predicted molar refractivity (Wildman–Crippen MR) is 132 cm³/mol. The van der Waals surface area contributed by atoms with E-state index in [0.717, 1.165) is 21.7 Å². The van der Waals surface area contributed by atoms with Crippen LogP contribution >= 0.6 is 46.7 Å². The number of thioether (sulfide) groups is 2. The number of nitrogens with zero attached hydrogens (tertiary/aromatic N) is 2. The zero-order valence-electron chi connectivity index (χ0n) is 16.4. The first kappa shape index (κ1) is 22.0. The largest absolute Gasteiger partial charge is 0.286 e. The van der Waals surface area contributed by atoms with Gasteiger partial charge in [-0.25, -0.2) is 0 Å². The summed E-state index contributed by atoms with van der Waals surface area (Å²) < 4.78 is 1.44. The number of halogens is 2. The van der Waals surface area contributed by atoms with Gasteiger partial charge < -0.3 is 0 Å². The second-order valence-corrected chi connectivity index (χ2v) is 9.47. The minimum atomic E-state index is -0.146. The lowest BCUT2D eigenvalue weighted by Gasteiger charge is -2.12. The van der Waals surface area contributed by atoms with Gasteiger partial charge in [0.25, 0.3) is 5.56 Å². The minimum Gasteiger partial charge on any atom is -0.266 e. The summed E-state index contributed by atoms with van der Waals surface area (Å²) in [6.45, 7) is 0. The molecule has 3 nitrogen and oxygen atoms in total. The zero-order chi connectivity index (χ0) is 21.6. The average Bonchev–Trinajstić information content (AvgIpc) is 2.79. The molecular formula is C24H18Cl2N2OS2. The molecule has 0 spiro atoms. The van der Waals surface area contributed by atoms with Crippen molar-refractivity contribution in [3.05, 3.63) is 117 Å². The molecule has 7 heteroatoms. The Labute approximate surface area is 199 Å². The smallest absolute Gasteiger partial charge is 0.266 e. The number of hydrogen-bond acceptors (Lipinski definition) is 4. The molecule has 4 rings (SSSR count). The van der Waals surface area contributed by atoms with Crippen LogP contribution in [0.5, 0.6) is 0 Å². The highest BCUT2D eigenvalue weighted by atomic mass is 35.5. The summed E-state index contributed by atoms with van der Waals surface area (Å²) >= 11 is 15.7. The molecule has 31 heavy (non-hydrogen) atoms. The maximum Gasteiger partial charge on any atom is 0.286 e. The van der Waals surface area contributed by atoms with Gasteiger partial charge in [0.1, 0.15) is 0 Å². The van der Waals surface area contributed by atoms with Crippen molar-refractivity contribution in [3.8, 4) is 5.69 Å². The van der Waals surface area contributed by atoms with Gasteiger partial charge in [0.15, 0.2) is 0 Å². The Balaban J connectivity index is 1.68. The highest BCUT2D eigenvalue weighted by Gasteiger charge is 2.15. The number of aromatic nitrogens is 2. The van der Waals surface area contributed by atoms with Crippen molar-refractivity contribution in [2.75, 3.05) is 0 Å². The van der Waals surface area contributed by atoms with Crippen molar-refractivity contribution in [1.82, 2.24) is 9.78 Å². The summed E-state index contributed by atoms with van der Waals surface area (Å²) in [6.07, 6.45) is 1.75. The number of para-hydroxylation sites is 1. The van der Waals surface area contributed by atoms with Gasteiger partial charge in [-0.3, -0.25) is 4.79 Å². The quantitative estimate of drug-likeness (QED) is 0.261. The molecule has 4 aromatic rings. The van der Waals surface area contributed by atoms with Gasteiger partial charge in [0.2, 0.25) is 0 Å². The van der Waals surface area contributed by atoms with E-state index < -0.39 is 0 Å². The van der Waals surface area contributed by atoms with E-state index in [4.69, 9.17) is 23.2 Å². The fraction of sp³-hybridized carbons (Fsp3) is 0.0833. The maximum absolute atomic E-state index is 13.4. The van der Waals surface area contributed by atoms with E-state index in [1.165, 1.54) is 16.4 Å². The van der Waals surface area contributed by atoms with Gasteiger partial charge in [-0.05, 0) is 35.4 Å². The molecule has 0 atom stereocenters. The maximum atomic E-state index is 13.4. The third-order valence-electron chi connectivity index (χ3n) is 4.57. The van der Waals surface area contributed by atoms with E-state index in [2.05, 4.69) is 5.10 Å². The van der Waals surface area contributed by atoms with Gasteiger partial charge in [0, 0.05) is 26.4 Å². The van der Waals surface area contributed by atoms with Crippen molar-refractivity contribution < 1.29 is 0 Å². The van der Waals surface area contributed by atoms with Crippen LogP contribution in [0.4, 0.5) is 0 Å². The van der Waals surface area contributed by atoms with Gasteiger partial charge >= 0.3 is 0 Å². The molecule has 0 unspecified atom stereocenters. The van der Waals surface area contributed by atoms with Crippen molar-refractivity contribution in [3.63, 3.8) is 0 Å². The fourth-order valence-electron chi connectivity index (χ4n) is 2.95. The molecule has 0 aliphatic carbocycles. The van der Waals surface area contributed by atoms with Gasteiger partial charge in [-0.1, -0.05) is 77.8 Å². The molecule has 0 aliphatic rings. The van der Waals surface area contributed by atoms with Gasteiger partial charge in [0.05, 0.1) is 16.8 Å². The van der Waals surface area contributed by atoms with E-state index in [0.29, 0.717) is 26.4 Å². The monoisotopic (exact) mass is 484 g/mol. The SMILES string of the molecule is O=c1c(SCc2ccccc2Cl)c(SCc2ccccc2Cl)cnn1-c1ccccc1. The van der Waals surface area contributed by atoms with Crippen LogP contribution in [-0.2, 0) is 11.5 Å². The Hall–Kier alpha value is -2.18. The van der Waals surface area contributed by atoms with Crippen LogP contribution in [0, 0.1) is 0 Å². The summed E-state index contributed by atoms with van der Waals surface area (Å²) in [6, 6.07) is 24.8. The highest BCUT2D eigenvalue weighted by Crippen LogP contribution is 2.34. The fourth-order valence-corrected chi connectivity index (χ4v) is 5.72. The molecule has 0 saturated carbocycles. The Bertz CT molecular complexity index is 1250. The third-order valence-corrected chi connectivity index (χ3v) is 7.65. The highest BCUT2D eigenvalue weighted by molar-refractivity contribution is 8.01. The molecule has 0 saturated heterocycles. The summed E-state index contributed by atoms with van der Waals surface area (Å²) in [5, 5.41) is 5.83. The van der Waals surface area contributed by atoms with E-state index in [1.54, 1.807) is 18.0 Å². The second-order valence-electron chi connectivity index (χ2n) is 6.65. The number of hydrogen-bond donors (Lipinski definition) is 0. The Morgan fingerprint density at radius 1 is 0.742 bits per heavy atom. The number of benzene rings is 3. The van der Waals surface area contributed by atoms with E-state index in [-0.39, 0.29) is 5.56 Å². The van der Waals surface area contributed by atoms with Gasteiger partial charge in [-0.15, -0.1) is 23.5 Å². The molecule has 156 valence electrons. The molecule has 0 fully saturated rings. The van der Waals surface area contributed by atoms with E-state index >= 15 is 0 Å². The van der Waals surface area contributed by atoms with Crippen LogP contribution in [0.3, 0.4) is 0 Å². The second kappa shape index (κ2) is 10.4. The van der Waals surface area contributed by atoms with Crippen LogP contribution in [0.1, 0.15) is 11.1 Å². The molecule has 0 amide bonds. The number of rotatable bonds is 7.